The van der Waals surface area contributed by atoms with Crippen molar-refractivity contribution < 1.29 is 9.21 Å². The third-order valence-corrected chi connectivity index (χ3v) is 5.36. The van der Waals surface area contributed by atoms with Crippen molar-refractivity contribution in [3.63, 3.8) is 0 Å². The summed E-state index contributed by atoms with van der Waals surface area (Å²) >= 11 is 0. The first-order valence-electron chi connectivity index (χ1n) is 8.82. The number of amides is 1. The largest absolute Gasteiger partial charge is 0.462 e. The zero-order valence-electron chi connectivity index (χ0n) is 14.8. The quantitative estimate of drug-likeness (QED) is 0.687. The molecule has 138 valence electrons. The van der Waals surface area contributed by atoms with E-state index >= 15 is 0 Å². The molecule has 9 nitrogen and oxygen atoms in total. The number of hydrogen-bond donors (Lipinski definition) is 1. The van der Waals surface area contributed by atoms with Gasteiger partial charge in [-0.3, -0.25) is 9.59 Å². The first kappa shape index (κ1) is 15.9. The molecular weight excluding hydrogens is 348 g/mol. The molecule has 1 amide bonds. The first-order valence-corrected chi connectivity index (χ1v) is 8.82. The summed E-state index contributed by atoms with van der Waals surface area (Å²) in [6.07, 6.45) is 6.56. The summed E-state index contributed by atoms with van der Waals surface area (Å²) in [5.41, 5.74) is 7.00. The number of pyridine rings is 1. The third kappa shape index (κ3) is 2.24. The topological polar surface area (TPSA) is 110 Å². The lowest BCUT2D eigenvalue weighted by Crippen LogP contribution is -2.40. The summed E-state index contributed by atoms with van der Waals surface area (Å²) in [6.45, 7) is 1.29. The molecule has 0 aromatic carbocycles. The number of nitrogens with two attached hydrogens (primary N) is 1. The molecule has 0 aliphatic carbocycles. The predicted octanol–water partition coefficient (Wildman–Crippen LogP) is 1.13. The van der Waals surface area contributed by atoms with E-state index in [-0.39, 0.29) is 23.5 Å². The van der Waals surface area contributed by atoms with E-state index in [0.29, 0.717) is 34.6 Å². The highest BCUT2D eigenvalue weighted by atomic mass is 16.3. The molecule has 2 aliphatic rings. The Bertz CT molecular complexity index is 1130. The fourth-order valence-electron chi connectivity index (χ4n) is 4.07. The Morgan fingerprint density at radius 3 is 3.04 bits per heavy atom. The molecule has 3 aromatic rings. The van der Waals surface area contributed by atoms with Gasteiger partial charge in [0.1, 0.15) is 17.1 Å². The number of aryl methyl sites for hydroxylation is 1. The predicted molar refractivity (Wildman–Crippen MR) is 99.9 cm³/mol. The maximum Gasteiger partial charge on any atom is 0.263 e. The van der Waals surface area contributed by atoms with Crippen LogP contribution in [0, 0.1) is 0 Å². The lowest BCUT2D eigenvalue weighted by atomic mass is 10.2. The zero-order valence-corrected chi connectivity index (χ0v) is 14.8. The van der Waals surface area contributed by atoms with E-state index in [4.69, 9.17) is 10.2 Å². The van der Waals surface area contributed by atoms with Crippen molar-refractivity contribution >= 4 is 34.3 Å². The van der Waals surface area contributed by atoms with Crippen molar-refractivity contribution in [1.82, 2.24) is 14.5 Å². The molecule has 2 N–H and O–H groups in total. The maximum absolute atomic E-state index is 13.4. The van der Waals surface area contributed by atoms with Gasteiger partial charge in [-0.2, -0.15) is 4.98 Å². The molecule has 1 fully saturated rings. The summed E-state index contributed by atoms with van der Waals surface area (Å²) in [7, 11) is 1.67. The Labute approximate surface area is 154 Å². The molecule has 3 aromatic heterocycles. The van der Waals surface area contributed by atoms with E-state index in [1.807, 2.05) is 0 Å². The van der Waals surface area contributed by atoms with Crippen molar-refractivity contribution in [2.75, 3.05) is 28.6 Å². The van der Waals surface area contributed by atoms with Crippen LogP contribution in [-0.4, -0.2) is 39.6 Å². The van der Waals surface area contributed by atoms with Crippen molar-refractivity contribution in [2.45, 2.75) is 18.9 Å². The minimum absolute atomic E-state index is 0.117. The Kier molecular flexibility index (Phi) is 3.27. The average Bonchev–Trinajstić information content (AvgIpc) is 3.30. The molecule has 1 saturated heterocycles. The van der Waals surface area contributed by atoms with Crippen LogP contribution in [0.4, 0.5) is 17.5 Å². The van der Waals surface area contributed by atoms with E-state index in [0.717, 1.165) is 19.4 Å². The van der Waals surface area contributed by atoms with Crippen LogP contribution >= 0.6 is 0 Å². The van der Waals surface area contributed by atoms with Crippen molar-refractivity contribution in [3.05, 3.63) is 40.6 Å². The highest BCUT2D eigenvalue weighted by Crippen LogP contribution is 2.35. The minimum atomic E-state index is -0.226. The number of hydrogen-bond acceptors (Lipinski definition) is 7. The fraction of sp³-hybridized carbons (Fsp3) is 0.333. The SMILES string of the molecule is Cn1cc(N2C[C@@H]3CCCN3c3nc(N)ncc3C2=O)c2occc2c1=O. The second-order valence-corrected chi connectivity index (χ2v) is 6.96. The standard InChI is InChI=1S/C18H18N6O3/c1-22-9-13(14-11(16(22)25)4-6-27-14)24-8-10-3-2-5-23(10)15-12(17(24)26)7-20-18(19)21-15/h4,6-7,9-10H,2-3,5,8H2,1H3,(H2,19,20,21)/t10-/m0/s1. The highest BCUT2D eigenvalue weighted by molar-refractivity contribution is 6.12. The molecule has 0 radical (unpaired) electrons. The third-order valence-electron chi connectivity index (χ3n) is 5.36. The van der Waals surface area contributed by atoms with Gasteiger partial charge in [0.05, 0.1) is 11.6 Å². The first-order chi connectivity index (χ1) is 13.0. The zero-order chi connectivity index (χ0) is 18.7. The molecule has 0 saturated carbocycles. The van der Waals surface area contributed by atoms with Crippen LogP contribution in [0.1, 0.15) is 23.2 Å². The molecule has 27 heavy (non-hydrogen) atoms. The summed E-state index contributed by atoms with van der Waals surface area (Å²) in [6, 6.07) is 1.75. The number of fused-ring (bicyclic) bond motifs is 4. The van der Waals surface area contributed by atoms with Crippen molar-refractivity contribution in [1.29, 1.82) is 0 Å². The van der Waals surface area contributed by atoms with Gasteiger partial charge >= 0.3 is 0 Å². The van der Waals surface area contributed by atoms with Gasteiger partial charge in [0.2, 0.25) is 5.95 Å². The number of carbonyl (C=O) groups excluding carboxylic acids is 1. The van der Waals surface area contributed by atoms with Crippen LogP contribution < -0.4 is 21.1 Å². The van der Waals surface area contributed by atoms with Gasteiger partial charge in [-0.05, 0) is 18.9 Å². The van der Waals surface area contributed by atoms with Crippen LogP contribution in [-0.2, 0) is 7.05 Å². The van der Waals surface area contributed by atoms with Crippen LogP contribution in [0.15, 0.2) is 33.9 Å². The van der Waals surface area contributed by atoms with Crippen LogP contribution in [0.3, 0.4) is 0 Å². The van der Waals surface area contributed by atoms with Crippen molar-refractivity contribution in [3.8, 4) is 0 Å². The van der Waals surface area contributed by atoms with E-state index in [1.54, 1.807) is 24.2 Å². The lowest BCUT2D eigenvalue weighted by molar-refractivity contribution is 0.0988. The Balaban J connectivity index is 1.73. The fourth-order valence-corrected chi connectivity index (χ4v) is 4.07. The van der Waals surface area contributed by atoms with E-state index < -0.39 is 0 Å². The molecule has 5 rings (SSSR count). The van der Waals surface area contributed by atoms with Gasteiger partial charge in [-0.25, -0.2) is 4.98 Å². The van der Waals surface area contributed by atoms with Gasteiger partial charge in [-0.1, -0.05) is 0 Å². The molecule has 9 heteroatoms. The number of aromatic nitrogens is 3. The van der Waals surface area contributed by atoms with E-state index in [1.165, 1.54) is 17.0 Å². The van der Waals surface area contributed by atoms with Gasteiger partial charge in [0.25, 0.3) is 11.5 Å². The molecular formula is C18H18N6O3. The number of nitrogen functional groups attached to an aromatic ring is 1. The molecule has 0 bridgehead atoms. The second kappa shape index (κ2) is 5.57. The van der Waals surface area contributed by atoms with Crippen molar-refractivity contribution in [2.24, 2.45) is 7.05 Å². The van der Waals surface area contributed by atoms with Gasteiger partial charge < -0.3 is 24.5 Å². The van der Waals surface area contributed by atoms with Crippen LogP contribution in [0.2, 0.25) is 0 Å². The molecule has 0 unspecified atom stereocenters. The molecule has 2 aliphatic heterocycles. The number of carbonyl (C=O) groups is 1. The lowest BCUT2D eigenvalue weighted by Gasteiger charge is -2.27. The average molecular weight is 366 g/mol. The molecule has 0 spiro atoms. The molecule has 5 heterocycles. The number of rotatable bonds is 1. The normalized spacial score (nSPS) is 19.3. The summed E-state index contributed by atoms with van der Waals surface area (Å²) in [5.74, 6) is 0.505. The Morgan fingerprint density at radius 2 is 2.19 bits per heavy atom. The van der Waals surface area contributed by atoms with Crippen LogP contribution in [0.25, 0.3) is 11.0 Å². The number of nitrogens with zero attached hydrogens (tertiary/aromatic N) is 5. The van der Waals surface area contributed by atoms with Gasteiger partial charge in [0.15, 0.2) is 5.58 Å². The van der Waals surface area contributed by atoms with E-state index in [2.05, 4.69) is 14.9 Å². The Hall–Kier alpha value is -3.36. The summed E-state index contributed by atoms with van der Waals surface area (Å²) < 4.78 is 7.04. The van der Waals surface area contributed by atoms with E-state index in [9.17, 15) is 9.59 Å². The highest BCUT2D eigenvalue weighted by Gasteiger charge is 2.38. The Morgan fingerprint density at radius 1 is 1.33 bits per heavy atom. The van der Waals surface area contributed by atoms with Gasteiger partial charge in [-0.15, -0.1) is 0 Å². The number of anilines is 3. The monoisotopic (exact) mass is 366 g/mol. The number of furan rings is 1. The second-order valence-electron chi connectivity index (χ2n) is 6.96. The van der Waals surface area contributed by atoms with Gasteiger partial charge in [0, 0.05) is 38.6 Å². The smallest absolute Gasteiger partial charge is 0.263 e. The summed E-state index contributed by atoms with van der Waals surface area (Å²) in [4.78, 5) is 37.9. The molecule has 1 atom stereocenters. The summed E-state index contributed by atoms with van der Waals surface area (Å²) in [5, 5.41) is 0.448. The minimum Gasteiger partial charge on any atom is -0.462 e. The van der Waals surface area contributed by atoms with Crippen LogP contribution in [0.5, 0.6) is 0 Å². The maximum atomic E-state index is 13.4.